The number of amides is 3. The van der Waals surface area contributed by atoms with Gasteiger partial charge in [0.2, 0.25) is 27.6 Å². The van der Waals surface area contributed by atoms with Crippen molar-refractivity contribution in [2.24, 2.45) is 11.7 Å². The second-order valence-corrected chi connectivity index (χ2v) is 17.3. The summed E-state index contributed by atoms with van der Waals surface area (Å²) in [7, 11) is -3.82. The van der Waals surface area contributed by atoms with Gasteiger partial charge in [-0.3, -0.25) is 24.6 Å². The van der Waals surface area contributed by atoms with Crippen molar-refractivity contribution in [1.29, 1.82) is 5.41 Å². The van der Waals surface area contributed by atoms with Gasteiger partial charge in [0, 0.05) is 19.5 Å². The highest BCUT2D eigenvalue weighted by Gasteiger charge is 2.44. The molecule has 2 aliphatic rings. The molecular formula is C43H58N8O7S. The van der Waals surface area contributed by atoms with E-state index >= 15 is 0 Å². The van der Waals surface area contributed by atoms with Gasteiger partial charge in [0.05, 0.1) is 31.1 Å². The van der Waals surface area contributed by atoms with E-state index in [0.717, 1.165) is 54.4 Å². The van der Waals surface area contributed by atoms with Crippen LogP contribution in [-0.2, 0) is 40.5 Å². The molecule has 2 heterocycles. The summed E-state index contributed by atoms with van der Waals surface area (Å²) in [4.78, 5) is 58.1. The number of carbonyl (C=O) groups is 4. The first-order chi connectivity index (χ1) is 28.3. The van der Waals surface area contributed by atoms with Gasteiger partial charge in [0.25, 0.3) is 5.91 Å². The number of hydrogen-bond donors (Lipinski definition) is 7. The number of benzene rings is 3. The summed E-state index contributed by atoms with van der Waals surface area (Å²) in [6.45, 7) is 4.10. The first-order valence-corrected chi connectivity index (χ1v) is 22.1. The quantitative estimate of drug-likeness (QED) is 0.0381. The summed E-state index contributed by atoms with van der Waals surface area (Å²) in [5, 5.41) is 19.2. The molecule has 3 amide bonds. The lowest BCUT2D eigenvalue weighted by molar-refractivity contribution is -0.143. The lowest BCUT2D eigenvalue weighted by Crippen LogP contribution is -2.56. The van der Waals surface area contributed by atoms with Crippen LogP contribution in [0.15, 0.2) is 84.9 Å². The normalized spacial score (nSPS) is 18.2. The van der Waals surface area contributed by atoms with Gasteiger partial charge in [-0.05, 0) is 81.1 Å². The van der Waals surface area contributed by atoms with Crippen molar-refractivity contribution < 1.29 is 32.3 Å². The molecule has 0 radical (unpaired) electrons. The molecule has 0 spiro atoms. The second-order valence-electron chi connectivity index (χ2n) is 15.5. The molecule has 5 rings (SSSR count). The maximum Gasteiger partial charge on any atom is 0.290 e. The maximum atomic E-state index is 14.4. The molecule has 3 aromatic rings. The Morgan fingerprint density at radius 2 is 1.53 bits per heavy atom. The number of hydrogen-bond acceptors (Lipinski definition) is 9. The highest BCUT2D eigenvalue weighted by atomic mass is 32.2. The van der Waals surface area contributed by atoms with Gasteiger partial charge in [-0.15, -0.1) is 0 Å². The fraction of sp³-hybridized carbons (Fsp3) is 0.465. The Kier molecular flexibility index (Phi) is 16.5. The molecule has 8 N–H and O–H groups in total. The lowest BCUT2D eigenvalue weighted by Gasteiger charge is -2.30. The number of likely N-dealkylation sites (tertiary alicyclic amines) is 1. The average Bonchev–Trinajstić information content (AvgIpc) is 3.67. The fourth-order valence-corrected chi connectivity index (χ4v) is 8.38. The van der Waals surface area contributed by atoms with Gasteiger partial charge < -0.3 is 36.6 Å². The minimum Gasteiger partial charge on any atom is -0.372 e. The molecule has 0 saturated carbocycles. The highest BCUT2D eigenvalue weighted by Crippen LogP contribution is 2.27. The molecule has 59 heavy (non-hydrogen) atoms. The van der Waals surface area contributed by atoms with Gasteiger partial charge in [0.1, 0.15) is 12.1 Å². The number of sulfonamides is 1. The molecule has 0 bridgehead atoms. The molecule has 2 aliphatic heterocycles. The van der Waals surface area contributed by atoms with E-state index in [4.69, 9.17) is 15.9 Å². The molecule has 0 unspecified atom stereocenters. The lowest BCUT2D eigenvalue weighted by atomic mass is 9.91. The molecule has 2 fully saturated rings. The number of carbonyl (C=O) groups excluding carboxylic acids is 4. The van der Waals surface area contributed by atoms with Crippen LogP contribution in [-0.4, -0.2) is 99.4 Å². The Labute approximate surface area is 347 Å². The number of rotatable bonds is 20. The van der Waals surface area contributed by atoms with Crippen LogP contribution in [0.3, 0.4) is 0 Å². The molecule has 318 valence electrons. The molecule has 4 atom stereocenters. The molecular weight excluding hydrogens is 773 g/mol. The maximum absolute atomic E-state index is 14.4. The van der Waals surface area contributed by atoms with Crippen molar-refractivity contribution in [2.45, 2.75) is 88.7 Å². The van der Waals surface area contributed by atoms with Crippen LogP contribution in [0.25, 0.3) is 0 Å². The number of guanidine groups is 1. The number of nitrogens with zero attached hydrogens (tertiary/aromatic N) is 1. The number of nitrogens with one attached hydrogen (secondary N) is 6. The van der Waals surface area contributed by atoms with Crippen molar-refractivity contribution in [1.82, 2.24) is 30.9 Å². The Bertz CT molecular complexity index is 1940. The third-order valence-corrected chi connectivity index (χ3v) is 11.5. The Hall–Kier alpha value is -5.16. The SMILES string of the molecule is Cc1ccc(CO[C@@H]2C[C@@H](C(=O)N[C@@H](CCCNC(=N)N)C(=O)C(=O)NC(c3ccccc3)c3ccccc3)N(C(=O)[C@@H](CCC3CCNCC3)NS(C)(=O)=O)C2)cc1. The molecule has 15 nitrogen and oxygen atoms in total. The van der Waals surface area contributed by atoms with E-state index in [-0.39, 0.29) is 51.3 Å². The van der Waals surface area contributed by atoms with E-state index in [9.17, 15) is 27.6 Å². The smallest absolute Gasteiger partial charge is 0.290 e. The van der Waals surface area contributed by atoms with Crippen molar-refractivity contribution >= 4 is 39.5 Å². The number of Topliss-reactive ketones (excluding diaryl/α,β-unsaturated/α-hetero) is 1. The topological polar surface area (TPSA) is 225 Å². The van der Waals surface area contributed by atoms with E-state index in [2.05, 4.69) is 26.0 Å². The van der Waals surface area contributed by atoms with Crippen LogP contribution in [0.5, 0.6) is 0 Å². The van der Waals surface area contributed by atoms with Crippen LogP contribution < -0.4 is 31.7 Å². The van der Waals surface area contributed by atoms with E-state index in [1.165, 1.54) is 4.90 Å². The first kappa shape index (κ1) is 44.9. The van der Waals surface area contributed by atoms with Crippen LogP contribution in [0.1, 0.15) is 73.2 Å². The molecule has 3 aromatic carbocycles. The predicted octanol–water partition coefficient (Wildman–Crippen LogP) is 2.40. The van der Waals surface area contributed by atoms with E-state index in [1.807, 2.05) is 91.9 Å². The van der Waals surface area contributed by atoms with Crippen molar-refractivity contribution in [3.63, 3.8) is 0 Å². The monoisotopic (exact) mass is 830 g/mol. The highest BCUT2D eigenvalue weighted by molar-refractivity contribution is 7.88. The van der Waals surface area contributed by atoms with Crippen molar-refractivity contribution in [3.05, 3.63) is 107 Å². The zero-order chi connectivity index (χ0) is 42.4. The standard InChI is InChI=1S/C43H58N8O7S/c1-29-15-17-31(18-16-29)28-58-34-26-37(51(27-34)42(55)36(50-59(2,56)57)20-19-30-21-24-46-25-22-30)40(53)48-35(14-9-23-47-43(44)45)39(52)41(54)49-38(32-10-5-3-6-11-32)33-12-7-4-8-13-33/h3-8,10-13,15-18,30,34-38,46,50H,9,14,19-28H2,1-2H3,(H,48,53)(H,49,54)(H4,44,45,47)/t34-,35+,36-,37+/m1/s1. The summed E-state index contributed by atoms with van der Waals surface area (Å²) in [5.74, 6) is -3.00. The van der Waals surface area contributed by atoms with Crippen LogP contribution in [0.4, 0.5) is 0 Å². The molecule has 16 heteroatoms. The number of ketones is 1. The Balaban J connectivity index is 1.38. The summed E-state index contributed by atoms with van der Waals surface area (Å²) >= 11 is 0. The number of nitrogens with two attached hydrogens (primary N) is 1. The largest absolute Gasteiger partial charge is 0.372 e. The number of piperidine rings is 1. The van der Waals surface area contributed by atoms with E-state index in [1.54, 1.807) is 0 Å². The Morgan fingerprint density at radius 3 is 2.12 bits per heavy atom. The van der Waals surface area contributed by atoms with Crippen LogP contribution in [0, 0.1) is 18.3 Å². The summed E-state index contributed by atoms with van der Waals surface area (Å²) in [6, 6.07) is 22.0. The van der Waals surface area contributed by atoms with E-state index < -0.39 is 63.8 Å². The number of ether oxygens (including phenoxy) is 1. The third kappa shape index (κ3) is 14.0. The molecule has 2 saturated heterocycles. The van der Waals surface area contributed by atoms with Gasteiger partial charge in [-0.2, -0.15) is 0 Å². The minimum absolute atomic E-state index is 0.00946. The third-order valence-electron chi connectivity index (χ3n) is 10.8. The fourth-order valence-electron chi connectivity index (χ4n) is 7.65. The summed E-state index contributed by atoms with van der Waals surface area (Å²) in [5.41, 5.74) is 8.96. The van der Waals surface area contributed by atoms with Gasteiger partial charge in [-0.1, -0.05) is 90.5 Å². The zero-order valence-electron chi connectivity index (χ0n) is 33.8. The zero-order valence-corrected chi connectivity index (χ0v) is 34.6. The van der Waals surface area contributed by atoms with Crippen LogP contribution >= 0.6 is 0 Å². The minimum atomic E-state index is -3.82. The van der Waals surface area contributed by atoms with Crippen molar-refractivity contribution in [3.8, 4) is 0 Å². The average molecular weight is 831 g/mol. The van der Waals surface area contributed by atoms with E-state index in [0.29, 0.717) is 12.3 Å². The molecule has 0 aliphatic carbocycles. The predicted molar refractivity (Wildman–Crippen MR) is 225 cm³/mol. The second kappa shape index (κ2) is 21.7. The van der Waals surface area contributed by atoms with Crippen molar-refractivity contribution in [2.75, 3.05) is 32.4 Å². The summed E-state index contributed by atoms with van der Waals surface area (Å²) in [6.07, 6.45) is 3.44. The summed E-state index contributed by atoms with van der Waals surface area (Å²) < 4.78 is 34.0. The Morgan fingerprint density at radius 1 is 0.898 bits per heavy atom. The first-order valence-electron chi connectivity index (χ1n) is 20.3. The number of aryl methyl sites for hydroxylation is 1. The van der Waals surface area contributed by atoms with Gasteiger partial charge >= 0.3 is 0 Å². The van der Waals surface area contributed by atoms with Crippen LogP contribution in [0.2, 0.25) is 0 Å². The molecule has 0 aromatic heterocycles. The van der Waals surface area contributed by atoms with Gasteiger partial charge in [-0.25, -0.2) is 13.1 Å². The van der Waals surface area contributed by atoms with Gasteiger partial charge in [0.15, 0.2) is 5.96 Å².